The van der Waals surface area contributed by atoms with Gasteiger partial charge in [0.05, 0.1) is 36.2 Å². The van der Waals surface area contributed by atoms with Crippen molar-refractivity contribution in [2.45, 2.75) is 18.9 Å². The minimum absolute atomic E-state index is 0.191. The SMILES string of the molecule is COc1ccc2ncc(F)c(CCN3CCC4CN(c5cnc6c(c5)OCCO6)C(=O)OC4C3)c2n1. The first-order valence-corrected chi connectivity index (χ1v) is 12.0. The van der Waals surface area contributed by atoms with Gasteiger partial charge in [-0.1, -0.05) is 0 Å². The summed E-state index contributed by atoms with van der Waals surface area (Å²) in [5.74, 6) is 1.20. The third kappa shape index (κ3) is 4.23. The van der Waals surface area contributed by atoms with Crippen molar-refractivity contribution in [1.82, 2.24) is 19.9 Å². The van der Waals surface area contributed by atoms with Gasteiger partial charge in [0.1, 0.15) is 25.1 Å². The molecule has 0 bridgehead atoms. The van der Waals surface area contributed by atoms with Gasteiger partial charge in [-0.15, -0.1) is 0 Å². The van der Waals surface area contributed by atoms with Crippen LogP contribution in [0.15, 0.2) is 30.6 Å². The maximum atomic E-state index is 14.7. The van der Waals surface area contributed by atoms with E-state index in [2.05, 4.69) is 19.9 Å². The number of aromatic nitrogens is 3. The standard InChI is InChI=1S/C25H26FN5O5/c1-33-22-3-2-19-23(29-22)17(18(26)12-27-19)5-7-30-6-4-15-13-31(25(32)36-21(15)14-30)16-10-20-24(28-11-16)35-9-8-34-20/h2-3,10-12,15,21H,4-9,13-14H2,1H3. The molecule has 0 radical (unpaired) electrons. The number of hydrogen-bond acceptors (Lipinski definition) is 9. The second kappa shape index (κ2) is 9.38. The quantitative estimate of drug-likeness (QED) is 0.529. The molecule has 188 valence electrons. The summed E-state index contributed by atoms with van der Waals surface area (Å²) in [7, 11) is 1.53. The first kappa shape index (κ1) is 22.7. The number of carbonyl (C=O) groups excluding carboxylic acids is 1. The van der Waals surface area contributed by atoms with Gasteiger partial charge in [-0.2, -0.15) is 0 Å². The number of halogens is 1. The predicted molar refractivity (Wildman–Crippen MR) is 127 cm³/mol. The molecule has 2 fully saturated rings. The first-order valence-electron chi connectivity index (χ1n) is 12.0. The van der Waals surface area contributed by atoms with Crippen molar-refractivity contribution in [3.63, 3.8) is 0 Å². The Balaban J connectivity index is 1.12. The van der Waals surface area contributed by atoms with Gasteiger partial charge in [0, 0.05) is 43.2 Å². The van der Waals surface area contributed by atoms with Crippen molar-refractivity contribution in [1.29, 1.82) is 0 Å². The Hall–Kier alpha value is -3.73. The van der Waals surface area contributed by atoms with E-state index in [-0.39, 0.29) is 17.8 Å². The number of likely N-dealkylation sites (tertiary alicyclic amines) is 1. The number of amides is 1. The van der Waals surface area contributed by atoms with Crippen LogP contribution in [0.1, 0.15) is 12.0 Å². The molecule has 3 aliphatic rings. The third-order valence-electron chi connectivity index (χ3n) is 6.99. The number of piperidine rings is 1. The molecule has 0 saturated carbocycles. The van der Waals surface area contributed by atoms with Gasteiger partial charge in [0.25, 0.3) is 5.88 Å². The molecule has 3 aromatic heterocycles. The molecule has 6 rings (SSSR count). The number of methoxy groups -OCH3 is 1. The molecular weight excluding hydrogens is 469 g/mol. The maximum Gasteiger partial charge on any atom is 0.414 e. The van der Waals surface area contributed by atoms with E-state index in [1.54, 1.807) is 29.3 Å². The molecule has 2 unspecified atom stereocenters. The fraction of sp³-hybridized carbons (Fsp3) is 0.440. The molecule has 6 heterocycles. The van der Waals surface area contributed by atoms with Crippen molar-refractivity contribution in [2.24, 2.45) is 5.92 Å². The van der Waals surface area contributed by atoms with E-state index in [0.29, 0.717) is 79.1 Å². The van der Waals surface area contributed by atoms with E-state index in [1.165, 1.54) is 13.3 Å². The molecule has 10 nitrogen and oxygen atoms in total. The zero-order valence-corrected chi connectivity index (χ0v) is 19.9. The minimum Gasteiger partial charge on any atom is -0.484 e. The van der Waals surface area contributed by atoms with Crippen molar-refractivity contribution in [2.75, 3.05) is 51.4 Å². The van der Waals surface area contributed by atoms with Crippen LogP contribution < -0.4 is 19.1 Å². The van der Waals surface area contributed by atoms with E-state index >= 15 is 0 Å². The van der Waals surface area contributed by atoms with Gasteiger partial charge < -0.3 is 18.9 Å². The highest BCUT2D eigenvalue weighted by Gasteiger charge is 2.40. The van der Waals surface area contributed by atoms with E-state index in [0.717, 1.165) is 13.0 Å². The summed E-state index contributed by atoms with van der Waals surface area (Å²) in [5, 5.41) is 0. The van der Waals surface area contributed by atoms with E-state index in [9.17, 15) is 9.18 Å². The van der Waals surface area contributed by atoms with Crippen LogP contribution in [0.5, 0.6) is 17.5 Å². The molecule has 3 aliphatic heterocycles. The molecular formula is C25H26FN5O5. The molecule has 3 aromatic rings. The molecule has 1 amide bonds. The second-order valence-corrected chi connectivity index (χ2v) is 9.13. The zero-order valence-electron chi connectivity index (χ0n) is 19.9. The van der Waals surface area contributed by atoms with Crippen LogP contribution in [0.25, 0.3) is 11.0 Å². The molecule has 2 saturated heterocycles. The summed E-state index contributed by atoms with van der Waals surface area (Å²) in [6, 6.07) is 5.26. The largest absolute Gasteiger partial charge is 0.484 e. The fourth-order valence-corrected chi connectivity index (χ4v) is 5.06. The number of nitrogens with zero attached hydrogens (tertiary/aromatic N) is 5. The predicted octanol–water partition coefficient (Wildman–Crippen LogP) is 2.83. The smallest absolute Gasteiger partial charge is 0.414 e. The lowest BCUT2D eigenvalue weighted by atomic mass is 9.91. The monoisotopic (exact) mass is 495 g/mol. The Morgan fingerprint density at radius 2 is 2.06 bits per heavy atom. The summed E-state index contributed by atoms with van der Waals surface area (Å²) in [6.07, 6.45) is 3.55. The maximum absolute atomic E-state index is 14.7. The normalized spacial score (nSPS) is 21.7. The Morgan fingerprint density at radius 1 is 1.17 bits per heavy atom. The number of pyridine rings is 3. The van der Waals surface area contributed by atoms with Crippen LogP contribution >= 0.6 is 0 Å². The third-order valence-corrected chi connectivity index (χ3v) is 6.99. The van der Waals surface area contributed by atoms with Crippen molar-refractivity contribution in [3.05, 3.63) is 42.0 Å². The number of fused-ring (bicyclic) bond motifs is 3. The second-order valence-electron chi connectivity index (χ2n) is 9.13. The topological polar surface area (TPSA) is 99.1 Å². The summed E-state index contributed by atoms with van der Waals surface area (Å²) in [5.41, 5.74) is 2.28. The van der Waals surface area contributed by atoms with Gasteiger partial charge in [-0.25, -0.2) is 19.2 Å². The Bertz CT molecular complexity index is 1310. The number of hydrogen-bond donors (Lipinski definition) is 0. The van der Waals surface area contributed by atoms with Crippen LogP contribution in [-0.2, 0) is 11.2 Å². The molecule has 0 N–H and O–H groups in total. The molecule has 36 heavy (non-hydrogen) atoms. The van der Waals surface area contributed by atoms with Crippen LogP contribution in [0, 0.1) is 11.7 Å². The first-order chi connectivity index (χ1) is 17.6. The Labute approximate surface area is 206 Å². The highest BCUT2D eigenvalue weighted by molar-refractivity contribution is 5.88. The van der Waals surface area contributed by atoms with Gasteiger partial charge in [-0.05, 0) is 25.5 Å². The van der Waals surface area contributed by atoms with Gasteiger partial charge in [-0.3, -0.25) is 14.8 Å². The summed E-state index contributed by atoms with van der Waals surface area (Å²) < 4.78 is 36.8. The van der Waals surface area contributed by atoms with E-state index in [4.69, 9.17) is 18.9 Å². The average Bonchev–Trinajstić information content (AvgIpc) is 2.91. The summed E-state index contributed by atoms with van der Waals surface area (Å²) in [6.45, 7) is 3.50. The summed E-state index contributed by atoms with van der Waals surface area (Å²) >= 11 is 0. The Morgan fingerprint density at radius 3 is 2.94 bits per heavy atom. The molecule has 0 aliphatic carbocycles. The lowest BCUT2D eigenvalue weighted by Crippen LogP contribution is -2.56. The summed E-state index contributed by atoms with van der Waals surface area (Å²) in [4.78, 5) is 29.5. The van der Waals surface area contributed by atoms with Gasteiger partial charge in [0.2, 0.25) is 5.88 Å². The lowest BCUT2D eigenvalue weighted by molar-refractivity contribution is -0.00652. The molecule has 0 aromatic carbocycles. The van der Waals surface area contributed by atoms with Crippen LogP contribution in [0.2, 0.25) is 0 Å². The van der Waals surface area contributed by atoms with Gasteiger partial charge >= 0.3 is 6.09 Å². The van der Waals surface area contributed by atoms with Crippen molar-refractivity contribution < 1.29 is 28.1 Å². The van der Waals surface area contributed by atoms with Crippen molar-refractivity contribution in [3.8, 4) is 17.5 Å². The van der Waals surface area contributed by atoms with Crippen LogP contribution in [0.4, 0.5) is 14.9 Å². The number of carbonyl (C=O) groups is 1. The highest BCUT2D eigenvalue weighted by Crippen LogP contribution is 2.35. The highest BCUT2D eigenvalue weighted by atomic mass is 19.1. The molecule has 0 spiro atoms. The molecule has 2 atom stereocenters. The van der Waals surface area contributed by atoms with Crippen LogP contribution in [0.3, 0.4) is 0 Å². The number of ether oxygens (including phenoxy) is 4. The number of anilines is 1. The van der Waals surface area contributed by atoms with E-state index in [1.807, 2.05) is 0 Å². The molecule has 11 heteroatoms. The van der Waals surface area contributed by atoms with E-state index < -0.39 is 6.09 Å². The van der Waals surface area contributed by atoms with Crippen molar-refractivity contribution >= 4 is 22.8 Å². The van der Waals surface area contributed by atoms with Crippen LogP contribution in [-0.4, -0.2) is 78.6 Å². The van der Waals surface area contributed by atoms with Gasteiger partial charge in [0.15, 0.2) is 5.75 Å². The fourth-order valence-electron chi connectivity index (χ4n) is 5.06. The lowest BCUT2D eigenvalue weighted by Gasteiger charge is -2.44. The average molecular weight is 496 g/mol. The zero-order chi connectivity index (χ0) is 24.6. The number of rotatable bonds is 5. The minimum atomic E-state index is -0.404. The Kier molecular flexibility index (Phi) is 5.92.